The van der Waals surface area contributed by atoms with Crippen LogP contribution in [0.4, 0.5) is 14.5 Å². The molecule has 0 amide bonds. The summed E-state index contributed by atoms with van der Waals surface area (Å²) in [5.74, 6) is -1.51. The van der Waals surface area contributed by atoms with Gasteiger partial charge in [-0.1, -0.05) is 11.6 Å². The van der Waals surface area contributed by atoms with Crippen LogP contribution in [0.1, 0.15) is 20.8 Å². The Morgan fingerprint density at radius 2 is 1.94 bits per heavy atom. The molecule has 90 valence electrons. The standard InChI is InChI=1S/C11H14ClF2NO/c1-6(11(2,3)16)15-10-8(12)4-7(13)5-9(10)14/h4-6,15-16H,1-3H3. The van der Waals surface area contributed by atoms with Gasteiger partial charge in [0.15, 0.2) is 5.82 Å². The highest BCUT2D eigenvalue weighted by atomic mass is 35.5. The first kappa shape index (κ1) is 13.2. The van der Waals surface area contributed by atoms with Crippen molar-refractivity contribution in [1.29, 1.82) is 0 Å². The largest absolute Gasteiger partial charge is 0.388 e. The average molecular weight is 250 g/mol. The molecule has 0 aromatic heterocycles. The van der Waals surface area contributed by atoms with Crippen LogP contribution in [0.5, 0.6) is 0 Å². The summed E-state index contributed by atoms with van der Waals surface area (Å²) < 4.78 is 26.2. The van der Waals surface area contributed by atoms with Gasteiger partial charge in [0.05, 0.1) is 22.4 Å². The van der Waals surface area contributed by atoms with Crippen molar-refractivity contribution in [3.63, 3.8) is 0 Å². The highest BCUT2D eigenvalue weighted by Gasteiger charge is 2.24. The van der Waals surface area contributed by atoms with Gasteiger partial charge in [-0.2, -0.15) is 0 Å². The lowest BCUT2D eigenvalue weighted by atomic mass is 10.0. The minimum absolute atomic E-state index is 0.00214. The van der Waals surface area contributed by atoms with E-state index in [4.69, 9.17) is 11.6 Å². The number of hydrogen-bond acceptors (Lipinski definition) is 2. The Labute approximate surface area is 98.2 Å². The van der Waals surface area contributed by atoms with Crippen molar-refractivity contribution in [3.05, 3.63) is 28.8 Å². The van der Waals surface area contributed by atoms with Gasteiger partial charge < -0.3 is 10.4 Å². The number of halogens is 3. The Balaban J connectivity index is 2.98. The molecule has 2 N–H and O–H groups in total. The number of benzene rings is 1. The molecule has 0 bridgehead atoms. The number of rotatable bonds is 3. The Kier molecular flexibility index (Phi) is 3.76. The van der Waals surface area contributed by atoms with Gasteiger partial charge in [-0.15, -0.1) is 0 Å². The van der Waals surface area contributed by atoms with E-state index >= 15 is 0 Å². The molecule has 0 saturated heterocycles. The van der Waals surface area contributed by atoms with Gasteiger partial charge in [-0.25, -0.2) is 8.78 Å². The molecular weight excluding hydrogens is 236 g/mol. The monoisotopic (exact) mass is 249 g/mol. The smallest absolute Gasteiger partial charge is 0.150 e. The van der Waals surface area contributed by atoms with E-state index in [0.717, 1.165) is 12.1 Å². The average Bonchev–Trinajstić information content (AvgIpc) is 2.08. The molecule has 1 aromatic carbocycles. The second-order valence-electron chi connectivity index (χ2n) is 4.26. The molecule has 0 aliphatic heterocycles. The van der Waals surface area contributed by atoms with Crippen molar-refractivity contribution in [1.82, 2.24) is 0 Å². The first-order valence-electron chi connectivity index (χ1n) is 4.85. The van der Waals surface area contributed by atoms with Gasteiger partial charge in [0.25, 0.3) is 0 Å². The summed E-state index contributed by atoms with van der Waals surface area (Å²) in [5, 5.41) is 12.4. The fraction of sp³-hybridized carbons (Fsp3) is 0.455. The normalized spacial score (nSPS) is 13.7. The van der Waals surface area contributed by atoms with E-state index in [-0.39, 0.29) is 10.7 Å². The first-order valence-corrected chi connectivity index (χ1v) is 5.23. The number of hydrogen-bond donors (Lipinski definition) is 2. The molecular formula is C11H14ClF2NO. The molecule has 2 nitrogen and oxygen atoms in total. The molecule has 1 rings (SSSR count). The van der Waals surface area contributed by atoms with Crippen molar-refractivity contribution >= 4 is 17.3 Å². The third-order valence-corrected chi connectivity index (χ3v) is 2.73. The molecule has 0 aliphatic carbocycles. The number of nitrogens with one attached hydrogen (secondary N) is 1. The second-order valence-corrected chi connectivity index (χ2v) is 4.67. The van der Waals surface area contributed by atoms with E-state index in [1.807, 2.05) is 0 Å². The predicted octanol–water partition coefficient (Wildman–Crippen LogP) is 3.19. The summed E-state index contributed by atoms with van der Waals surface area (Å²) in [5.41, 5.74) is -1.04. The van der Waals surface area contributed by atoms with Crippen LogP contribution in [-0.2, 0) is 0 Å². The summed E-state index contributed by atoms with van der Waals surface area (Å²) in [4.78, 5) is 0. The molecule has 1 aromatic rings. The number of anilines is 1. The molecule has 5 heteroatoms. The van der Waals surface area contributed by atoms with Crippen LogP contribution in [0, 0.1) is 11.6 Å². The van der Waals surface area contributed by atoms with Crippen molar-refractivity contribution < 1.29 is 13.9 Å². The molecule has 0 fully saturated rings. The number of aliphatic hydroxyl groups is 1. The zero-order valence-electron chi connectivity index (χ0n) is 9.31. The third kappa shape index (κ3) is 3.06. The first-order chi connectivity index (χ1) is 7.21. The van der Waals surface area contributed by atoms with Crippen LogP contribution in [0.15, 0.2) is 12.1 Å². The fourth-order valence-electron chi connectivity index (χ4n) is 1.07. The summed E-state index contributed by atoms with van der Waals surface area (Å²) in [7, 11) is 0. The minimum atomic E-state index is -1.04. The maximum atomic E-state index is 13.4. The summed E-state index contributed by atoms with van der Waals surface area (Å²) >= 11 is 5.70. The van der Waals surface area contributed by atoms with Gasteiger partial charge in [0.1, 0.15) is 5.82 Å². The lowest BCUT2D eigenvalue weighted by molar-refractivity contribution is 0.0648. The van der Waals surface area contributed by atoms with E-state index in [1.165, 1.54) is 0 Å². The SMILES string of the molecule is CC(Nc1c(F)cc(F)cc1Cl)C(C)(C)O. The summed E-state index contributed by atoms with van der Waals surface area (Å²) in [6, 6.07) is 1.33. The topological polar surface area (TPSA) is 32.3 Å². The predicted molar refractivity (Wildman–Crippen MR) is 60.8 cm³/mol. The Bertz CT molecular complexity index is 367. The Morgan fingerprint density at radius 3 is 2.38 bits per heavy atom. The maximum absolute atomic E-state index is 13.4. The van der Waals surface area contributed by atoms with Gasteiger partial charge in [-0.05, 0) is 26.8 Å². The van der Waals surface area contributed by atoms with Crippen LogP contribution >= 0.6 is 11.6 Å². The van der Waals surface area contributed by atoms with Crippen molar-refractivity contribution in [3.8, 4) is 0 Å². The van der Waals surface area contributed by atoms with Crippen molar-refractivity contribution in [2.24, 2.45) is 0 Å². The van der Waals surface area contributed by atoms with Crippen molar-refractivity contribution in [2.45, 2.75) is 32.4 Å². The molecule has 0 saturated carbocycles. The Morgan fingerprint density at radius 1 is 1.38 bits per heavy atom. The van der Waals surface area contributed by atoms with Gasteiger partial charge in [0, 0.05) is 6.07 Å². The summed E-state index contributed by atoms with van der Waals surface area (Å²) in [6.07, 6.45) is 0. The quantitative estimate of drug-likeness (QED) is 0.862. The van der Waals surface area contributed by atoms with Crippen LogP contribution < -0.4 is 5.32 Å². The molecule has 0 radical (unpaired) electrons. The second kappa shape index (κ2) is 4.55. The lowest BCUT2D eigenvalue weighted by Crippen LogP contribution is -2.39. The zero-order valence-corrected chi connectivity index (χ0v) is 10.1. The fourth-order valence-corrected chi connectivity index (χ4v) is 1.32. The van der Waals surface area contributed by atoms with Crippen molar-refractivity contribution in [2.75, 3.05) is 5.32 Å². The minimum Gasteiger partial charge on any atom is -0.388 e. The molecule has 0 spiro atoms. The lowest BCUT2D eigenvalue weighted by Gasteiger charge is -2.28. The highest BCUT2D eigenvalue weighted by molar-refractivity contribution is 6.33. The van der Waals surface area contributed by atoms with Gasteiger partial charge in [0.2, 0.25) is 0 Å². The van der Waals surface area contributed by atoms with E-state index in [9.17, 15) is 13.9 Å². The molecule has 0 aliphatic rings. The Hall–Kier alpha value is -0.870. The van der Waals surface area contributed by atoms with E-state index in [1.54, 1.807) is 20.8 Å². The van der Waals surface area contributed by atoms with E-state index in [2.05, 4.69) is 5.32 Å². The van der Waals surface area contributed by atoms with Crippen LogP contribution in [0.2, 0.25) is 5.02 Å². The molecule has 1 unspecified atom stereocenters. The van der Waals surface area contributed by atoms with Crippen LogP contribution in [-0.4, -0.2) is 16.7 Å². The highest BCUT2D eigenvalue weighted by Crippen LogP contribution is 2.28. The maximum Gasteiger partial charge on any atom is 0.150 e. The van der Waals surface area contributed by atoms with Gasteiger partial charge in [-0.3, -0.25) is 0 Å². The molecule has 16 heavy (non-hydrogen) atoms. The van der Waals surface area contributed by atoms with E-state index in [0.29, 0.717) is 0 Å². The van der Waals surface area contributed by atoms with Crippen LogP contribution in [0.3, 0.4) is 0 Å². The molecule has 0 heterocycles. The van der Waals surface area contributed by atoms with Gasteiger partial charge >= 0.3 is 0 Å². The summed E-state index contributed by atoms with van der Waals surface area (Å²) in [6.45, 7) is 4.85. The van der Waals surface area contributed by atoms with Crippen LogP contribution in [0.25, 0.3) is 0 Å². The molecule has 1 atom stereocenters. The third-order valence-electron chi connectivity index (χ3n) is 2.43. The van der Waals surface area contributed by atoms with E-state index < -0.39 is 23.3 Å². The zero-order chi connectivity index (χ0) is 12.5.